The van der Waals surface area contributed by atoms with Crippen molar-refractivity contribution in [2.75, 3.05) is 0 Å². The molecule has 1 rings (SSSR count). The van der Waals surface area contributed by atoms with E-state index in [-0.39, 0.29) is 23.1 Å². The minimum atomic E-state index is 0. The minimum Gasteiger partial charge on any atom is -0.0838 e. The van der Waals surface area contributed by atoms with Gasteiger partial charge in [0.25, 0.3) is 0 Å². The molecule has 0 nitrogen and oxygen atoms in total. The van der Waals surface area contributed by atoms with Crippen LogP contribution in [-0.4, -0.2) is 23.1 Å². The summed E-state index contributed by atoms with van der Waals surface area (Å²) in [6.45, 7) is 6.14. The molecule has 0 heterocycles. The minimum absolute atomic E-state index is 0. The number of benzene rings is 1. The maximum atomic E-state index is 5.95. The van der Waals surface area contributed by atoms with Gasteiger partial charge in [-0.05, 0) is 31.9 Å². The first-order chi connectivity index (χ1) is 4.61. The summed E-state index contributed by atoms with van der Waals surface area (Å²) in [4.78, 5) is 0. The molecule has 1 aromatic rings. The summed E-state index contributed by atoms with van der Waals surface area (Å²) in [5.41, 5.74) is 3.61. The first-order valence-corrected chi connectivity index (χ1v) is 3.72. The molecule has 0 amide bonds. The molecular formula is C9H13ClMg. The fourth-order valence-electron chi connectivity index (χ4n) is 1.16. The molecule has 2 heteroatoms. The Hall–Kier alpha value is 0.276. The Bertz CT molecular complexity index is 233. The van der Waals surface area contributed by atoms with Gasteiger partial charge in [-0.15, -0.1) is 0 Å². The molecule has 0 fully saturated rings. The fourth-order valence-corrected chi connectivity index (χ4v) is 1.27. The molecule has 0 bridgehead atoms. The number of hydrogen-bond donors (Lipinski definition) is 0. The molecular weight excluding hydrogens is 168 g/mol. The zero-order chi connectivity index (χ0) is 7.72. The van der Waals surface area contributed by atoms with Crippen molar-refractivity contribution in [2.24, 2.45) is 0 Å². The highest BCUT2D eigenvalue weighted by molar-refractivity contribution is 6.32. The molecule has 58 valence electrons. The third-order valence-electron chi connectivity index (χ3n) is 1.58. The van der Waals surface area contributed by atoms with Crippen LogP contribution in [0, 0.1) is 20.8 Å². The second-order valence-electron chi connectivity index (χ2n) is 2.71. The third-order valence-corrected chi connectivity index (χ3v) is 2.18. The zero-order valence-corrected chi connectivity index (χ0v) is 7.29. The van der Waals surface area contributed by atoms with E-state index >= 15 is 0 Å². The van der Waals surface area contributed by atoms with Gasteiger partial charge in [0.2, 0.25) is 0 Å². The van der Waals surface area contributed by atoms with Gasteiger partial charge in [-0.1, -0.05) is 29.3 Å². The van der Waals surface area contributed by atoms with Crippen LogP contribution in [0.4, 0.5) is 0 Å². The summed E-state index contributed by atoms with van der Waals surface area (Å²) >= 11 is 5.95. The Balaban J connectivity index is 0.000001000. The number of rotatable bonds is 0. The molecule has 11 heavy (non-hydrogen) atoms. The van der Waals surface area contributed by atoms with Crippen LogP contribution in [0.25, 0.3) is 0 Å². The van der Waals surface area contributed by atoms with E-state index in [9.17, 15) is 0 Å². The highest BCUT2D eigenvalue weighted by atomic mass is 35.5. The molecule has 0 aliphatic carbocycles. The van der Waals surface area contributed by atoms with Crippen molar-refractivity contribution < 1.29 is 0 Å². The molecule has 0 spiro atoms. The average molecular weight is 181 g/mol. The van der Waals surface area contributed by atoms with Crippen LogP contribution in [0.15, 0.2) is 12.1 Å². The van der Waals surface area contributed by atoms with E-state index in [0.717, 1.165) is 5.02 Å². The topological polar surface area (TPSA) is 0 Å². The lowest BCUT2D eigenvalue weighted by atomic mass is 10.1. The van der Waals surface area contributed by atoms with Gasteiger partial charge in [-0.3, -0.25) is 0 Å². The quantitative estimate of drug-likeness (QED) is 0.538. The molecule has 0 aliphatic heterocycles. The Kier molecular flexibility index (Phi) is 4.45. The summed E-state index contributed by atoms with van der Waals surface area (Å²) in [5.74, 6) is 0. The van der Waals surface area contributed by atoms with E-state index < -0.39 is 0 Å². The van der Waals surface area contributed by atoms with Crippen molar-refractivity contribution in [3.8, 4) is 0 Å². The molecule has 0 aliphatic rings. The molecule has 0 unspecified atom stereocenters. The second-order valence-corrected chi connectivity index (χ2v) is 3.09. The Morgan fingerprint density at radius 1 is 1.00 bits per heavy atom. The first kappa shape index (κ1) is 11.3. The van der Waals surface area contributed by atoms with Crippen molar-refractivity contribution >= 4 is 34.7 Å². The predicted octanol–water partition coefficient (Wildman–Crippen LogP) is 2.35. The van der Waals surface area contributed by atoms with Crippen molar-refractivity contribution in [2.45, 2.75) is 20.8 Å². The lowest BCUT2D eigenvalue weighted by molar-refractivity contribution is 1.32. The first-order valence-electron chi connectivity index (χ1n) is 3.34. The van der Waals surface area contributed by atoms with E-state index in [0.29, 0.717) is 0 Å². The molecule has 0 aromatic heterocycles. The molecule has 0 atom stereocenters. The van der Waals surface area contributed by atoms with Gasteiger partial charge in [0, 0.05) is 5.02 Å². The van der Waals surface area contributed by atoms with E-state index in [2.05, 4.69) is 19.1 Å². The van der Waals surface area contributed by atoms with Crippen LogP contribution < -0.4 is 0 Å². The molecule has 0 saturated heterocycles. The summed E-state index contributed by atoms with van der Waals surface area (Å²) in [6.07, 6.45) is 0. The van der Waals surface area contributed by atoms with Gasteiger partial charge in [0.05, 0.1) is 0 Å². The Labute approximate surface area is 89.1 Å². The van der Waals surface area contributed by atoms with E-state index in [1.165, 1.54) is 16.7 Å². The highest BCUT2D eigenvalue weighted by Crippen LogP contribution is 2.20. The van der Waals surface area contributed by atoms with Crippen molar-refractivity contribution in [1.29, 1.82) is 0 Å². The molecule has 1 aromatic carbocycles. The van der Waals surface area contributed by atoms with E-state index in [4.69, 9.17) is 11.6 Å². The number of halogens is 1. The highest BCUT2D eigenvalue weighted by Gasteiger charge is 1.98. The average Bonchev–Trinajstić information content (AvgIpc) is 1.82. The smallest absolute Gasteiger partial charge is 0.0838 e. The lowest BCUT2D eigenvalue weighted by Gasteiger charge is -2.02. The molecule has 0 radical (unpaired) electrons. The SMILES string of the molecule is Cc1cc(C)c(Cl)c(C)c1.[MgH2]. The second kappa shape index (κ2) is 4.34. The summed E-state index contributed by atoms with van der Waals surface area (Å²) < 4.78 is 0. The van der Waals surface area contributed by atoms with Crippen molar-refractivity contribution in [3.63, 3.8) is 0 Å². The van der Waals surface area contributed by atoms with Crippen LogP contribution in [0.2, 0.25) is 5.02 Å². The van der Waals surface area contributed by atoms with Gasteiger partial charge in [0.15, 0.2) is 0 Å². The lowest BCUT2D eigenvalue weighted by Crippen LogP contribution is -1.82. The van der Waals surface area contributed by atoms with Gasteiger partial charge in [-0.2, -0.15) is 0 Å². The van der Waals surface area contributed by atoms with Gasteiger partial charge in [0.1, 0.15) is 0 Å². The summed E-state index contributed by atoms with van der Waals surface area (Å²) in [5, 5.41) is 0.894. The van der Waals surface area contributed by atoms with Crippen LogP contribution in [0.3, 0.4) is 0 Å². The van der Waals surface area contributed by atoms with Crippen LogP contribution in [0.5, 0.6) is 0 Å². The molecule has 0 saturated carbocycles. The standard InChI is InChI=1S/C9H11Cl.Mg.2H/c1-6-4-7(2)9(10)8(3)5-6;;;/h4-5H,1-3H3;;;. The maximum absolute atomic E-state index is 5.95. The maximum Gasteiger partial charge on any atom is 0.316 e. The predicted molar refractivity (Wildman–Crippen MR) is 54.2 cm³/mol. The molecule has 0 N–H and O–H groups in total. The summed E-state index contributed by atoms with van der Waals surface area (Å²) in [6, 6.07) is 4.19. The summed E-state index contributed by atoms with van der Waals surface area (Å²) in [7, 11) is 0. The van der Waals surface area contributed by atoms with E-state index in [1.807, 2.05) is 13.8 Å². The Morgan fingerprint density at radius 2 is 1.36 bits per heavy atom. The van der Waals surface area contributed by atoms with Crippen LogP contribution in [-0.2, 0) is 0 Å². The number of hydrogen-bond acceptors (Lipinski definition) is 0. The van der Waals surface area contributed by atoms with Gasteiger partial charge in [-0.25, -0.2) is 0 Å². The van der Waals surface area contributed by atoms with Crippen molar-refractivity contribution in [1.82, 2.24) is 0 Å². The van der Waals surface area contributed by atoms with Gasteiger partial charge >= 0.3 is 23.1 Å². The normalized spacial score (nSPS) is 9.09. The van der Waals surface area contributed by atoms with Gasteiger partial charge < -0.3 is 0 Å². The largest absolute Gasteiger partial charge is 0.316 e. The Morgan fingerprint density at radius 3 is 1.73 bits per heavy atom. The monoisotopic (exact) mass is 180 g/mol. The number of aryl methyl sites for hydroxylation is 3. The van der Waals surface area contributed by atoms with Crippen LogP contribution in [0.1, 0.15) is 16.7 Å². The third kappa shape index (κ3) is 2.66. The van der Waals surface area contributed by atoms with Crippen molar-refractivity contribution in [3.05, 3.63) is 33.8 Å². The van der Waals surface area contributed by atoms with E-state index in [1.54, 1.807) is 0 Å². The van der Waals surface area contributed by atoms with Crippen LogP contribution >= 0.6 is 11.6 Å². The zero-order valence-electron chi connectivity index (χ0n) is 6.53. The fraction of sp³-hybridized carbons (Fsp3) is 0.333.